The molecule has 2 aromatic rings. The van der Waals surface area contributed by atoms with Crippen LogP contribution in [0.1, 0.15) is 21.6 Å². The fourth-order valence-corrected chi connectivity index (χ4v) is 2.37. The Morgan fingerprint density at radius 3 is 2.86 bits per heavy atom. The molecule has 0 spiro atoms. The first-order valence-corrected chi connectivity index (χ1v) is 5.22. The van der Waals surface area contributed by atoms with Gasteiger partial charge in [-0.15, -0.1) is 11.3 Å². The zero-order valence-electron chi connectivity index (χ0n) is 8.11. The quantitative estimate of drug-likeness (QED) is 0.803. The number of aryl methyl sites for hydroxylation is 1. The van der Waals surface area contributed by atoms with Crippen LogP contribution in [0.3, 0.4) is 0 Å². The van der Waals surface area contributed by atoms with Crippen molar-refractivity contribution in [3.63, 3.8) is 0 Å². The van der Waals surface area contributed by atoms with Gasteiger partial charge in [0, 0.05) is 9.75 Å². The summed E-state index contributed by atoms with van der Waals surface area (Å²) in [6.45, 7) is 2.10. The van der Waals surface area contributed by atoms with E-state index in [9.17, 15) is 0 Å². The maximum atomic E-state index is 4.15. The van der Waals surface area contributed by atoms with E-state index in [1.807, 2.05) is 7.05 Å². The highest BCUT2D eigenvalue weighted by Crippen LogP contribution is 2.25. The minimum atomic E-state index is 0.121. The first kappa shape index (κ1) is 9.36. The van der Waals surface area contributed by atoms with Crippen molar-refractivity contribution >= 4 is 11.3 Å². The Hall–Kier alpha value is -1.20. The standard InChI is InChI=1S/C9H12N4S/c1-6-3-4-7(14-6)8(10-2)9-11-5-12-13-9/h3-5,8,10H,1-2H3,(H,11,12,13). The fourth-order valence-electron chi connectivity index (χ4n) is 1.38. The number of aromatic nitrogens is 3. The molecule has 0 fully saturated rings. The van der Waals surface area contributed by atoms with Crippen molar-refractivity contribution in [2.45, 2.75) is 13.0 Å². The average Bonchev–Trinajstić information content (AvgIpc) is 2.79. The summed E-state index contributed by atoms with van der Waals surface area (Å²) >= 11 is 1.77. The lowest BCUT2D eigenvalue weighted by molar-refractivity contribution is 0.660. The second-order valence-electron chi connectivity index (χ2n) is 3.04. The van der Waals surface area contributed by atoms with Crippen molar-refractivity contribution in [1.82, 2.24) is 20.5 Å². The molecular weight excluding hydrogens is 196 g/mol. The highest BCUT2D eigenvalue weighted by atomic mass is 32.1. The Kier molecular flexibility index (Phi) is 2.60. The Bertz CT molecular complexity index is 393. The minimum Gasteiger partial charge on any atom is -0.306 e. The van der Waals surface area contributed by atoms with Crippen molar-refractivity contribution < 1.29 is 0 Å². The third kappa shape index (κ3) is 1.69. The van der Waals surface area contributed by atoms with Gasteiger partial charge in [-0.25, -0.2) is 4.98 Å². The minimum absolute atomic E-state index is 0.121. The predicted molar refractivity (Wildman–Crippen MR) is 56.3 cm³/mol. The third-order valence-corrected chi connectivity index (χ3v) is 3.11. The maximum Gasteiger partial charge on any atom is 0.146 e. The molecule has 5 heteroatoms. The van der Waals surface area contributed by atoms with Crippen molar-refractivity contribution in [2.24, 2.45) is 0 Å². The molecule has 0 bridgehead atoms. The topological polar surface area (TPSA) is 53.6 Å². The van der Waals surface area contributed by atoms with Crippen LogP contribution < -0.4 is 5.32 Å². The third-order valence-electron chi connectivity index (χ3n) is 2.04. The van der Waals surface area contributed by atoms with E-state index in [0.29, 0.717) is 0 Å². The molecule has 14 heavy (non-hydrogen) atoms. The molecule has 74 valence electrons. The highest BCUT2D eigenvalue weighted by Gasteiger charge is 2.15. The van der Waals surface area contributed by atoms with E-state index in [1.54, 1.807) is 11.3 Å². The first-order valence-electron chi connectivity index (χ1n) is 4.40. The monoisotopic (exact) mass is 208 g/mol. The van der Waals surface area contributed by atoms with Crippen molar-refractivity contribution in [2.75, 3.05) is 7.05 Å². The molecule has 0 aliphatic carbocycles. The van der Waals surface area contributed by atoms with E-state index in [-0.39, 0.29) is 6.04 Å². The van der Waals surface area contributed by atoms with Crippen molar-refractivity contribution in [1.29, 1.82) is 0 Å². The molecule has 1 atom stereocenters. The Morgan fingerprint density at radius 1 is 1.50 bits per heavy atom. The van der Waals surface area contributed by atoms with E-state index < -0.39 is 0 Å². The van der Waals surface area contributed by atoms with Crippen LogP contribution in [-0.4, -0.2) is 22.2 Å². The zero-order chi connectivity index (χ0) is 9.97. The van der Waals surface area contributed by atoms with Crippen molar-refractivity contribution in [3.8, 4) is 0 Å². The number of rotatable bonds is 3. The van der Waals surface area contributed by atoms with E-state index in [4.69, 9.17) is 0 Å². The lowest BCUT2D eigenvalue weighted by Crippen LogP contribution is -2.17. The molecule has 4 nitrogen and oxygen atoms in total. The molecule has 2 aromatic heterocycles. The molecule has 0 aliphatic rings. The number of hydrogen-bond donors (Lipinski definition) is 2. The van der Waals surface area contributed by atoms with Crippen LogP contribution in [0.25, 0.3) is 0 Å². The van der Waals surface area contributed by atoms with Gasteiger partial charge in [0.25, 0.3) is 0 Å². The van der Waals surface area contributed by atoms with E-state index in [2.05, 4.69) is 39.6 Å². The Balaban J connectivity index is 2.31. The number of H-pyrrole nitrogens is 1. The van der Waals surface area contributed by atoms with Gasteiger partial charge >= 0.3 is 0 Å². The fraction of sp³-hybridized carbons (Fsp3) is 0.333. The molecule has 1 unspecified atom stereocenters. The van der Waals surface area contributed by atoms with Gasteiger partial charge in [-0.2, -0.15) is 5.10 Å². The van der Waals surface area contributed by atoms with Crippen LogP contribution in [0.15, 0.2) is 18.5 Å². The van der Waals surface area contributed by atoms with Gasteiger partial charge in [0.2, 0.25) is 0 Å². The number of thiophene rings is 1. The predicted octanol–water partition coefficient (Wildman–Crippen LogP) is 1.48. The molecule has 0 aliphatic heterocycles. The summed E-state index contributed by atoms with van der Waals surface area (Å²) in [7, 11) is 1.92. The maximum absolute atomic E-state index is 4.15. The van der Waals surface area contributed by atoms with Crippen LogP contribution >= 0.6 is 11.3 Å². The smallest absolute Gasteiger partial charge is 0.146 e. The lowest BCUT2D eigenvalue weighted by Gasteiger charge is -2.10. The van der Waals surface area contributed by atoms with Crippen LogP contribution in [-0.2, 0) is 0 Å². The summed E-state index contributed by atoms with van der Waals surface area (Å²) in [5.74, 6) is 0.856. The van der Waals surface area contributed by atoms with Gasteiger partial charge in [0.15, 0.2) is 0 Å². The molecular formula is C9H12N4S. The molecule has 0 saturated heterocycles. The van der Waals surface area contributed by atoms with Crippen LogP contribution in [0, 0.1) is 6.92 Å². The van der Waals surface area contributed by atoms with Gasteiger partial charge in [-0.05, 0) is 26.1 Å². The number of nitrogens with one attached hydrogen (secondary N) is 2. The van der Waals surface area contributed by atoms with E-state index in [0.717, 1.165) is 5.82 Å². The average molecular weight is 208 g/mol. The summed E-state index contributed by atoms with van der Waals surface area (Å²) < 4.78 is 0. The summed E-state index contributed by atoms with van der Waals surface area (Å²) in [6, 6.07) is 4.35. The van der Waals surface area contributed by atoms with Crippen LogP contribution in [0.2, 0.25) is 0 Å². The van der Waals surface area contributed by atoms with Gasteiger partial charge in [0.1, 0.15) is 18.2 Å². The highest BCUT2D eigenvalue weighted by molar-refractivity contribution is 7.12. The largest absolute Gasteiger partial charge is 0.306 e. The van der Waals surface area contributed by atoms with Crippen molar-refractivity contribution in [3.05, 3.63) is 34.0 Å². The zero-order valence-corrected chi connectivity index (χ0v) is 8.93. The molecule has 2 rings (SSSR count). The van der Waals surface area contributed by atoms with Gasteiger partial charge in [-0.3, -0.25) is 5.10 Å². The first-order chi connectivity index (χ1) is 6.81. The number of nitrogens with zero attached hydrogens (tertiary/aromatic N) is 2. The summed E-state index contributed by atoms with van der Waals surface area (Å²) in [5.41, 5.74) is 0. The van der Waals surface area contributed by atoms with E-state index in [1.165, 1.54) is 16.1 Å². The SMILES string of the molecule is CNC(c1ncn[nH]1)c1ccc(C)s1. The van der Waals surface area contributed by atoms with Gasteiger partial charge in [-0.1, -0.05) is 0 Å². The molecule has 0 amide bonds. The van der Waals surface area contributed by atoms with Crippen LogP contribution in [0.5, 0.6) is 0 Å². The lowest BCUT2D eigenvalue weighted by atomic mass is 10.2. The molecule has 0 aromatic carbocycles. The second-order valence-corrected chi connectivity index (χ2v) is 4.36. The molecule has 2 N–H and O–H groups in total. The Labute approximate surface area is 86.4 Å². The number of hydrogen-bond acceptors (Lipinski definition) is 4. The van der Waals surface area contributed by atoms with Gasteiger partial charge in [0.05, 0.1) is 0 Å². The Morgan fingerprint density at radius 2 is 2.36 bits per heavy atom. The second kappa shape index (κ2) is 3.89. The van der Waals surface area contributed by atoms with E-state index >= 15 is 0 Å². The summed E-state index contributed by atoms with van der Waals surface area (Å²) in [6.07, 6.45) is 1.53. The van der Waals surface area contributed by atoms with Gasteiger partial charge < -0.3 is 5.32 Å². The number of aromatic amines is 1. The van der Waals surface area contributed by atoms with Crippen LogP contribution in [0.4, 0.5) is 0 Å². The summed E-state index contributed by atoms with van der Waals surface area (Å²) in [5, 5.41) is 9.94. The normalized spacial score (nSPS) is 13.0. The summed E-state index contributed by atoms with van der Waals surface area (Å²) in [4.78, 5) is 6.71. The molecule has 2 heterocycles. The molecule has 0 radical (unpaired) electrons. The molecule has 0 saturated carbocycles.